The van der Waals surface area contributed by atoms with E-state index in [0.29, 0.717) is 13.0 Å². The number of carbonyl (C=O) groups is 2. The number of amides is 2. The van der Waals surface area contributed by atoms with Crippen LogP contribution in [0.5, 0.6) is 0 Å². The molecule has 2 aliphatic heterocycles. The Morgan fingerprint density at radius 2 is 1.69 bits per heavy atom. The van der Waals surface area contributed by atoms with E-state index in [4.69, 9.17) is 0 Å². The van der Waals surface area contributed by atoms with Crippen LogP contribution >= 0.6 is 0 Å². The molecule has 1 atom stereocenters. The van der Waals surface area contributed by atoms with Crippen LogP contribution in [0.25, 0.3) is 0 Å². The van der Waals surface area contributed by atoms with Crippen LogP contribution in [0, 0.1) is 25.6 Å². The Bertz CT molecular complexity index is 1160. The highest BCUT2D eigenvalue weighted by atomic mass is 32.2. The molecule has 0 aromatic heterocycles. The maximum absolute atomic E-state index is 13.5. The van der Waals surface area contributed by atoms with Crippen LogP contribution in [0.1, 0.15) is 17.5 Å². The van der Waals surface area contributed by atoms with Gasteiger partial charge in [0.15, 0.2) is 0 Å². The lowest BCUT2D eigenvalue weighted by Gasteiger charge is -2.35. The van der Waals surface area contributed by atoms with Crippen molar-refractivity contribution in [1.29, 1.82) is 0 Å². The largest absolute Gasteiger partial charge is 0.339 e. The summed E-state index contributed by atoms with van der Waals surface area (Å²) in [6.07, 6.45) is 0.437. The number of hydrogen-bond acceptors (Lipinski definition) is 4. The number of nitrogens with zero attached hydrogens (tertiary/aromatic N) is 3. The van der Waals surface area contributed by atoms with Gasteiger partial charge >= 0.3 is 0 Å². The van der Waals surface area contributed by atoms with Gasteiger partial charge in [-0.15, -0.1) is 0 Å². The van der Waals surface area contributed by atoms with Gasteiger partial charge in [-0.25, -0.2) is 12.8 Å². The van der Waals surface area contributed by atoms with E-state index in [9.17, 15) is 22.4 Å². The zero-order chi connectivity index (χ0) is 23.0. The maximum Gasteiger partial charge on any atom is 0.243 e. The first kappa shape index (κ1) is 22.4. The molecule has 1 unspecified atom stereocenters. The SMILES string of the molecule is Cc1ccc(N2CCC(C(=O)N3CCN(S(=O)(=O)c4cccc(F)c4)CC3)C2=O)cc1C. The molecule has 0 saturated carbocycles. The summed E-state index contributed by atoms with van der Waals surface area (Å²) >= 11 is 0. The molecule has 4 rings (SSSR count). The van der Waals surface area contributed by atoms with Gasteiger partial charge in [-0.05, 0) is 61.7 Å². The summed E-state index contributed by atoms with van der Waals surface area (Å²) < 4.78 is 40.3. The molecule has 2 amide bonds. The molecule has 2 fully saturated rings. The molecular weight excluding hydrogens is 433 g/mol. The van der Waals surface area contributed by atoms with Crippen molar-refractivity contribution in [2.75, 3.05) is 37.6 Å². The third kappa shape index (κ3) is 4.14. The smallest absolute Gasteiger partial charge is 0.243 e. The quantitative estimate of drug-likeness (QED) is 0.658. The van der Waals surface area contributed by atoms with E-state index in [1.165, 1.54) is 22.5 Å². The molecule has 9 heteroatoms. The average Bonchev–Trinajstić information content (AvgIpc) is 3.16. The minimum Gasteiger partial charge on any atom is -0.339 e. The molecular formula is C23H26FN3O4S. The highest BCUT2D eigenvalue weighted by Crippen LogP contribution is 2.28. The van der Waals surface area contributed by atoms with Crippen LogP contribution < -0.4 is 4.90 Å². The van der Waals surface area contributed by atoms with Crippen molar-refractivity contribution in [2.24, 2.45) is 5.92 Å². The highest BCUT2D eigenvalue weighted by molar-refractivity contribution is 7.89. The predicted molar refractivity (Wildman–Crippen MR) is 118 cm³/mol. The van der Waals surface area contributed by atoms with Crippen molar-refractivity contribution in [2.45, 2.75) is 25.2 Å². The van der Waals surface area contributed by atoms with E-state index in [1.807, 2.05) is 32.0 Å². The fourth-order valence-electron chi connectivity index (χ4n) is 4.20. The van der Waals surface area contributed by atoms with Crippen LogP contribution in [0.4, 0.5) is 10.1 Å². The Balaban J connectivity index is 1.40. The summed E-state index contributed by atoms with van der Waals surface area (Å²) in [5.74, 6) is -1.84. The average molecular weight is 460 g/mol. The fraction of sp³-hybridized carbons (Fsp3) is 0.391. The number of hydrogen-bond donors (Lipinski definition) is 0. The zero-order valence-corrected chi connectivity index (χ0v) is 18.9. The molecule has 2 aliphatic rings. The van der Waals surface area contributed by atoms with E-state index in [-0.39, 0.29) is 42.9 Å². The number of benzene rings is 2. The molecule has 2 aromatic carbocycles. The molecule has 2 saturated heterocycles. The van der Waals surface area contributed by atoms with Crippen LogP contribution in [0.15, 0.2) is 47.4 Å². The summed E-state index contributed by atoms with van der Waals surface area (Å²) in [5.41, 5.74) is 3.01. The van der Waals surface area contributed by atoms with Gasteiger partial charge in [0.05, 0.1) is 4.90 Å². The first-order valence-electron chi connectivity index (χ1n) is 10.6. The number of halogens is 1. The second-order valence-electron chi connectivity index (χ2n) is 8.29. The third-order valence-electron chi connectivity index (χ3n) is 6.29. The van der Waals surface area contributed by atoms with Gasteiger partial charge in [0.25, 0.3) is 0 Å². The first-order valence-corrected chi connectivity index (χ1v) is 12.1. The predicted octanol–water partition coefficient (Wildman–Crippen LogP) is 2.33. The van der Waals surface area contributed by atoms with E-state index in [2.05, 4.69) is 0 Å². The monoisotopic (exact) mass is 459 g/mol. The second kappa shape index (κ2) is 8.63. The summed E-state index contributed by atoms with van der Waals surface area (Å²) in [4.78, 5) is 29.1. The van der Waals surface area contributed by atoms with E-state index >= 15 is 0 Å². The number of rotatable bonds is 4. The van der Waals surface area contributed by atoms with E-state index in [0.717, 1.165) is 22.9 Å². The van der Waals surface area contributed by atoms with Crippen LogP contribution in [0.2, 0.25) is 0 Å². The Labute approximate surface area is 187 Å². The van der Waals surface area contributed by atoms with Gasteiger partial charge in [-0.1, -0.05) is 12.1 Å². The van der Waals surface area contributed by atoms with Gasteiger partial charge in [-0.2, -0.15) is 4.31 Å². The minimum atomic E-state index is -3.84. The molecule has 0 bridgehead atoms. The van der Waals surface area contributed by atoms with Gasteiger partial charge < -0.3 is 9.80 Å². The Kier molecular flexibility index (Phi) is 6.05. The first-order chi connectivity index (χ1) is 15.2. The van der Waals surface area contributed by atoms with Crippen molar-refractivity contribution < 1.29 is 22.4 Å². The number of aryl methyl sites for hydroxylation is 2. The number of piperazine rings is 1. The molecule has 32 heavy (non-hydrogen) atoms. The topological polar surface area (TPSA) is 78.0 Å². The number of sulfonamides is 1. The molecule has 2 heterocycles. The lowest BCUT2D eigenvalue weighted by Crippen LogP contribution is -2.52. The number of anilines is 1. The molecule has 0 aliphatic carbocycles. The van der Waals surface area contributed by atoms with Crippen molar-refractivity contribution in [3.05, 3.63) is 59.4 Å². The third-order valence-corrected chi connectivity index (χ3v) is 8.18. The summed E-state index contributed by atoms with van der Waals surface area (Å²) in [6, 6.07) is 10.7. The van der Waals surface area contributed by atoms with Crippen LogP contribution in [-0.4, -0.2) is 62.2 Å². The summed E-state index contributed by atoms with van der Waals surface area (Å²) in [5, 5.41) is 0. The Morgan fingerprint density at radius 1 is 0.969 bits per heavy atom. The van der Waals surface area contributed by atoms with Gasteiger partial charge in [0.2, 0.25) is 21.8 Å². The summed E-state index contributed by atoms with van der Waals surface area (Å²) in [7, 11) is -3.84. The second-order valence-corrected chi connectivity index (χ2v) is 10.2. The molecule has 0 radical (unpaired) electrons. The highest BCUT2D eigenvalue weighted by Gasteiger charge is 2.41. The van der Waals surface area contributed by atoms with Crippen molar-refractivity contribution >= 4 is 27.5 Å². The van der Waals surface area contributed by atoms with Gasteiger partial charge in [-0.3, -0.25) is 9.59 Å². The summed E-state index contributed by atoms with van der Waals surface area (Å²) in [6.45, 7) is 5.07. The van der Waals surface area contributed by atoms with Crippen molar-refractivity contribution in [1.82, 2.24) is 9.21 Å². The molecule has 7 nitrogen and oxygen atoms in total. The normalized spacial score (nSPS) is 20.1. The van der Waals surface area contributed by atoms with Crippen LogP contribution in [0.3, 0.4) is 0 Å². The van der Waals surface area contributed by atoms with E-state index in [1.54, 1.807) is 9.80 Å². The van der Waals surface area contributed by atoms with Crippen molar-refractivity contribution in [3.63, 3.8) is 0 Å². The lowest BCUT2D eigenvalue weighted by molar-refractivity contribution is -0.140. The minimum absolute atomic E-state index is 0.104. The lowest BCUT2D eigenvalue weighted by atomic mass is 10.1. The van der Waals surface area contributed by atoms with Crippen molar-refractivity contribution in [3.8, 4) is 0 Å². The maximum atomic E-state index is 13.5. The molecule has 0 N–H and O–H groups in total. The van der Waals surface area contributed by atoms with E-state index < -0.39 is 21.8 Å². The van der Waals surface area contributed by atoms with Gasteiger partial charge in [0, 0.05) is 38.4 Å². The zero-order valence-electron chi connectivity index (χ0n) is 18.1. The Morgan fingerprint density at radius 3 is 2.34 bits per heavy atom. The Hall–Kier alpha value is -2.78. The molecule has 0 spiro atoms. The standard InChI is InChI=1S/C23H26FN3O4S/c1-16-6-7-19(14-17(16)2)27-9-8-21(23(27)29)22(28)25-10-12-26(13-11-25)32(30,31)20-5-3-4-18(24)15-20/h3-7,14-15,21H,8-13H2,1-2H3. The molecule has 170 valence electrons. The number of carbonyl (C=O) groups excluding carboxylic acids is 2. The molecule has 2 aromatic rings. The van der Waals surface area contributed by atoms with Crippen LogP contribution in [-0.2, 0) is 19.6 Å². The fourth-order valence-corrected chi connectivity index (χ4v) is 5.66. The van der Waals surface area contributed by atoms with Gasteiger partial charge in [0.1, 0.15) is 11.7 Å².